The molecule has 2 aliphatic heterocycles. The Hall–Kier alpha value is -6.54. The van der Waals surface area contributed by atoms with Crippen molar-refractivity contribution < 1.29 is 0 Å². The first-order valence-corrected chi connectivity index (χ1v) is 15.0. The highest BCUT2D eigenvalue weighted by Gasteiger charge is 2.27. The SMILES string of the molecule is C1=Nc2cccc3cccc(c23)N1N=NN1C(c2ccc(N=Nc3ccccc3)c3ccccc23)=Nc2cccc3cccc1c23. The third-order valence-corrected chi connectivity index (χ3v) is 8.33. The van der Waals surface area contributed by atoms with Gasteiger partial charge >= 0.3 is 0 Å². The van der Waals surface area contributed by atoms with Crippen LogP contribution in [0, 0.1) is 0 Å². The molecule has 2 aliphatic rings. The summed E-state index contributed by atoms with van der Waals surface area (Å²) in [7, 11) is 0. The van der Waals surface area contributed by atoms with Crippen molar-refractivity contribution in [1.29, 1.82) is 0 Å². The normalized spacial score (nSPS) is 13.9. The van der Waals surface area contributed by atoms with E-state index in [-0.39, 0.29) is 0 Å². The van der Waals surface area contributed by atoms with E-state index in [1.165, 1.54) is 0 Å². The van der Waals surface area contributed by atoms with Gasteiger partial charge in [-0.25, -0.2) is 15.0 Å². The quantitative estimate of drug-likeness (QED) is 0.186. The van der Waals surface area contributed by atoms with Crippen LogP contribution in [0.3, 0.4) is 0 Å². The van der Waals surface area contributed by atoms with E-state index in [9.17, 15) is 0 Å². The average Bonchev–Trinajstić information content (AvgIpc) is 3.12. The molecule has 8 nitrogen and oxygen atoms in total. The van der Waals surface area contributed by atoms with E-state index in [0.29, 0.717) is 5.84 Å². The fraction of sp³-hybridized carbons (Fsp3) is 0. The monoisotopic (exact) mass is 592 g/mol. The molecule has 0 amide bonds. The molecule has 46 heavy (non-hydrogen) atoms. The number of rotatable bonds is 5. The van der Waals surface area contributed by atoms with Crippen molar-refractivity contribution in [2.45, 2.75) is 0 Å². The molecule has 2 heterocycles. The standard InChI is InChI=1S/C38H24N8/c1-2-14-27(15-3-1)41-42-31-23-22-30(28-16-4-5-17-29(28)31)38-40-33-19-7-11-26-13-9-21-35(37(26)33)46(38)44-43-45-24-39-32-18-6-10-25-12-8-20-34(45)36(25)32/h1-24H. The zero-order valence-corrected chi connectivity index (χ0v) is 24.4. The van der Waals surface area contributed by atoms with Crippen LogP contribution in [-0.4, -0.2) is 12.2 Å². The highest BCUT2D eigenvalue weighted by molar-refractivity contribution is 6.24. The van der Waals surface area contributed by atoms with E-state index in [1.807, 2.05) is 102 Å². The van der Waals surface area contributed by atoms with Crippen LogP contribution >= 0.6 is 0 Å². The van der Waals surface area contributed by atoms with Crippen LogP contribution in [0.2, 0.25) is 0 Å². The van der Waals surface area contributed by atoms with Gasteiger partial charge in [0, 0.05) is 21.7 Å². The summed E-state index contributed by atoms with van der Waals surface area (Å²) in [5.41, 5.74) is 6.07. The number of hydrogen-bond donors (Lipinski definition) is 0. The van der Waals surface area contributed by atoms with Crippen molar-refractivity contribution >= 4 is 78.6 Å². The Kier molecular flexibility index (Phi) is 5.95. The van der Waals surface area contributed by atoms with Crippen molar-refractivity contribution in [1.82, 2.24) is 0 Å². The van der Waals surface area contributed by atoms with E-state index in [2.05, 4.69) is 57.7 Å². The molecule has 0 unspecified atom stereocenters. The van der Waals surface area contributed by atoms with E-state index >= 15 is 0 Å². The van der Waals surface area contributed by atoms with Gasteiger partial charge in [0.25, 0.3) is 0 Å². The zero-order valence-electron chi connectivity index (χ0n) is 24.4. The summed E-state index contributed by atoms with van der Waals surface area (Å²) in [4.78, 5) is 9.89. The van der Waals surface area contributed by atoms with Gasteiger partial charge in [0.1, 0.15) is 6.34 Å². The first-order chi connectivity index (χ1) is 22.8. The second kappa shape index (κ2) is 10.6. The maximum Gasteiger partial charge on any atom is 0.164 e. The Morgan fingerprint density at radius 1 is 0.500 bits per heavy atom. The molecule has 0 bridgehead atoms. The number of fused-ring (bicyclic) bond motifs is 1. The number of nitrogens with zero attached hydrogens (tertiary/aromatic N) is 8. The van der Waals surface area contributed by atoms with Crippen molar-refractivity contribution in [3.05, 3.63) is 145 Å². The maximum atomic E-state index is 5.21. The van der Waals surface area contributed by atoms with Crippen LogP contribution in [0.15, 0.2) is 170 Å². The number of anilines is 2. The van der Waals surface area contributed by atoms with E-state index < -0.39 is 0 Å². The average molecular weight is 593 g/mol. The predicted molar refractivity (Wildman–Crippen MR) is 187 cm³/mol. The fourth-order valence-electron chi connectivity index (χ4n) is 6.22. The lowest BCUT2D eigenvalue weighted by Crippen LogP contribution is -2.29. The fourth-order valence-corrected chi connectivity index (χ4v) is 6.22. The molecule has 7 aromatic rings. The van der Waals surface area contributed by atoms with Gasteiger partial charge in [-0.05, 0) is 75.1 Å². The summed E-state index contributed by atoms with van der Waals surface area (Å²) >= 11 is 0. The molecule has 0 saturated carbocycles. The molecule has 9 rings (SSSR count). The van der Waals surface area contributed by atoms with Gasteiger partial charge in [0.2, 0.25) is 0 Å². The van der Waals surface area contributed by atoms with Gasteiger partial charge in [-0.3, -0.25) is 0 Å². The molecule has 0 radical (unpaired) electrons. The minimum Gasteiger partial charge on any atom is -0.236 e. The Balaban J connectivity index is 1.20. The van der Waals surface area contributed by atoms with Gasteiger partial charge in [-0.1, -0.05) is 91.0 Å². The van der Waals surface area contributed by atoms with Crippen LogP contribution in [0.5, 0.6) is 0 Å². The molecule has 0 saturated heterocycles. The number of amidine groups is 1. The van der Waals surface area contributed by atoms with Crippen LogP contribution in [-0.2, 0) is 0 Å². The molecular weight excluding hydrogens is 568 g/mol. The molecule has 0 N–H and O–H groups in total. The molecule has 7 aromatic carbocycles. The Morgan fingerprint density at radius 3 is 1.98 bits per heavy atom. The largest absolute Gasteiger partial charge is 0.236 e. The van der Waals surface area contributed by atoms with Crippen LogP contribution in [0.25, 0.3) is 32.3 Å². The predicted octanol–water partition coefficient (Wildman–Crippen LogP) is 10.9. The van der Waals surface area contributed by atoms with Crippen molar-refractivity contribution in [2.24, 2.45) is 30.7 Å². The Morgan fingerprint density at radius 2 is 1.17 bits per heavy atom. The molecular formula is C38H24N8. The molecule has 0 aliphatic carbocycles. The lowest BCUT2D eigenvalue weighted by atomic mass is 9.99. The number of hydrogen-bond acceptors (Lipinski definition) is 6. The first-order valence-electron chi connectivity index (χ1n) is 15.0. The minimum absolute atomic E-state index is 0.658. The van der Waals surface area contributed by atoms with Crippen LogP contribution < -0.4 is 10.0 Å². The summed E-state index contributed by atoms with van der Waals surface area (Å²) < 4.78 is 0. The molecule has 0 atom stereocenters. The Labute approximate surface area is 264 Å². The zero-order chi connectivity index (χ0) is 30.5. The summed E-state index contributed by atoms with van der Waals surface area (Å²) in [5.74, 6) is 0.658. The van der Waals surface area contributed by atoms with Gasteiger partial charge in [-0.2, -0.15) is 10.1 Å². The second-order valence-electron chi connectivity index (χ2n) is 11.0. The van der Waals surface area contributed by atoms with Crippen LogP contribution in [0.4, 0.5) is 34.1 Å². The van der Waals surface area contributed by atoms with E-state index in [4.69, 9.17) is 15.4 Å². The smallest absolute Gasteiger partial charge is 0.164 e. The van der Waals surface area contributed by atoms with Crippen molar-refractivity contribution in [2.75, 3.05) is 10.0 Å². The topological polar surface area (TPSA) is 80.6 Å². The van der Waals surface area contributed by atoms with Gasteiger partial charge in [-0.15, -0.1) is 5.11 Å². The molecule has 0 fully saturated rings. The summed E-state index contributed by atoms with van der Waals surface area (Å²) in [5, 5.41) is 28.5. The third-order valence-electron chi connectivity index (χ3n) is 8.33. The molecule has 0 spiro atoms. The molecule has 0 aromatic heterocycles. The number of benzene rings is 7. The van der Waals surface area contributed by atoms with E-state index in [0.717, 1.165) is 72.0 Å². The highest BCUT2D eigenvalue weighted by atomic mass is 15.7. The van der Waals surface area contributed by atoms with E-state index in [1.54, 1.807) is 11.3 Å². The number of aliphatic imine (C=N–C) groups is 2. The molecule has 216 valence electrons. The summed E-state index contributed by atoms with van der Waals surface area (Å²) in [6.45, 7) is 0. The number of azo groups is 1. The maximum absolute atomic E-state index is 5.21. The highest BCUT2D eigenvalue weighted by Crippen LogP contribution is 2.42. The lowest BCUT2D eigenvalue weighted by molar-refractivity contribution is 0.906. The van der Waals surface area contributed by atoms with Crippen LogP contribution in [0.1, 0.15) is 5.56 Å². The van der Waals surface area contributed by atoms with Gasteiger partial charge in [0.05, 0.1) is 34.1 Å². The summed E-state index contributed by atoms with van der Waals surface area (Å²) in [6, 6.07) is 46.6. The van der Waals surface area contributed by atoms with Gasteiger partial charge < -0.3 is 0 Å². The Bertz CT molecular complexity index is 2440. The second-order valence-corrected chi connectivity index (χ2v) is 11.0. The minimum atomic E-state index is 0.658. The van der Waals surface area contributed by atoms with Gasteiger partial charge in [0.15, 0.2) is 5.84 Å². The first kappa shape index (κ1) is 25.9. The lowest BCUT2D eigenvalue weighted by Gasteiger charge is -2.27. The molecule has 8 heteroatoms. The van der Waals surface area contributed by atoms with Crippen molar-refractivity contribution in [3.63, 3.8) is 0 Å². The summed E-state index contributed by atoms with van der Waals surface area (Å²) in [6.07, 6.45) is 1.71. The van der Waals surface area contributed by atoms with Crippen molar-refractivity contribution in [3.8, 4) is 0 Å². The third kappa shape index (κ3) is 4.23.